The fourth-order valence-corrected chi connectivity index (χ4v) is 2.95. The molecule has 2 aromatic carbocycles. The van der Waals surface area contributed by atoms with Gasteiger partial charge in [-0.25, -0.2) is 4.79 Å². The molecule has 0 bridgehead atoms. The highest BCUT2D eigenvalue weighted by Crippen LogP contribution is 2.35. The SMILES string of the molecule is O=C(Oc1ccc2c(c1)O/C(=C\c1cccc(Br)c1)C2=O)c1ccco1. The van der Waals surface area contributed by atoms with Crippen molar-refractivity contribution < 1.29 is 23.5 Å². The molecule has 0 saturated heterocycles. The zero-order valence-corrected chi connectivity index (χ0v) is 14.9. The Morgan fingerprint density at radius 3 is 2.73 bits per heavy atom. The lowest BCUT2D eigenvalue weighted by atomic mass is 10.1. The average Bonchev–Trinajstić information content (AvgIpc) is 3.24. The number of ketones is 1. The van der Waals surface area contributed by atoms with Crippen molar-refractivity contribution >= 4 is 33.8 Å². The molecule has 2 heterocycles. The summed E-state index contributed by atoms with van der Waals surface area (Å²) in [7, 11) is 0. The van der Waals surface area contributed by atoms with Gasteiger partial charge in [0.05, 0.1) is 11.8 Å². The number of hydrogen-bond donors (Lipinski definition) is 0. The van der Waals surface area contributed by atoms with Crippen molar-refractivity contribution in [3.05, 3.63) is 88.0 Å². The molecule has 0 radical (unpaired) electrons. The summed E-state index contributed by atoms with van der Waals surface area (Å²) in [6, 6.07) is 15.2. The smallest absolute Gasteiger partial charge is 0.379 e. The summed E-state index contributed by atoms with van der Waals surface area (Å²) in [6.45, 7) is 0. The summed E-state index contributed by atoms with van der Waals surface area (Å²) in [5, 5.41) is 0. The van der Waals surface area contributed by atoms with E-state index in [0.29, 0.717) is 11.3 Å². The van der Waals surface area contributed by atoms with Crippen LogP contribution in [-0.4, -0.2) is 11.8 Å². The molecule has 0 atom stereocenters. The Morgan fingerprint density at radius 2 is 1.96 bits per heavy atom. The van der Waals surface area contributed by atoms with Crippen LogP contribution in [0.2, 0.25) is 0 Å². The van der Waals surface area contributed by atoms with Crippen molar-refractivity contribution in [3.63, 3.8) is 0 Å². The fourth-order valence-electron chi connectivity index (χ4n) is 2.53. The molecule has 0 unspecified atom stereocenters. The Labute approximate surface area is 157 Å². The molecule has 1 aliphatic heterocycles. The number of ether oxygens (including phenoxy) is 2. The van der Waals surface area contributed by atoms with Crippen LogP contribution in [0, 0.1) is 0 Å². The minimum atomic E-state index is -0.621. The molecule has 0 N–H and O–H groups in total. The van der Waals surface area contributed by atoms with Crippen LogP contribution in [0.1, 0.15) is 26.5 Å². The van der Waals surface area contributed by atoms with Crippen molar-refractivity contribution in [2.45, 2.75) is 0 Å². The number of carbonyl (C=O) groups excluding carboxylic acids is 2. The van der Waals surface area contributed by atoms with Crippen molar-refractivity contribution in [1.29, 1.82) is 0 Å². The van der Waals surface area contributed by atoms with Gasteiger partial charge in [-0.1, -0.05) is 28.1 Å². The maximum atomic E-state index is 12.5. The molecule has 0 fully saturated rings. The average molecular weight is 411 g/mol. The third-order valence-electron chi connectivity index (χ3n) is 3.72. The van der Waals surface area contributed by atoms with E-state index in [0.717, 1.165) is 10.0 Å². The van der Waals surface area contributed by atoms with Gasteiger partial charge in [0.15, 0.2) is 5.76 Å². The second kappa shape index (κ2) is 6.65. The van der Waals surface area contributed by atoms with Crippen LogP contribution in [-0.2, 0) is 0 Å². The van der Waals surface area contributed by atoms with Crippen LogP contribution >= 0.6 is 15.9 Å². The van der Waals surface area contributed by atoms with Crippen molar-refractivity contribution in [1.82, 2.24) is 0 Å². The van der Waals surface area contributed by atoms with Crippen LogP contribution in [0.25, 0.3) is 6.08 Å². The van der Waals surface area contributed by atoms with Crippen LogP contribution in [0.15, 0.2) is 75.5 Å². The first-order chi connectivity index (χ1) is 12.6. The molecule has 0 saturated carbocycles. The summed E-state index contributed by atoms with van der Waals surface area (Å²) in [6.07, 6.45) is 3.06. The maximum Gasteiger partial charge on any atom is 0.379 e. The second-order valence-corrected chi connectivity index (χ2v) is 6.44. The number of allylic oxidation sites excluding steroid dienone is 1. The zero-order valence-electron chi connectivity index (χ0n) is 13.3. The van der Waals surface area contributed by atoms with Crippen LogP contribution in [0.5, 0.6) is 11.5 Å². The van der Waals surface area contributed by atoms with E-state index in [-0.39, 0.29) is 23.1 Å². The first-order valence-corrected chi connectivity index (χ1v) is 8.49. The summed E-state index contributed by atoms with van der Waals surface area (Å²) in [4.78, 5) is 24.4. The standard InChI is InChI=1S/C20H11BrO5/c21-13-4-1-3-12(9-13)10-18-19(22)15-7-6-14(11-17(15)26-18)25-20(23)16-5-2-8-24-16/h1-11H/b18-10-. The first-order valence-electron chi connectivity index (χ1n) is 7.70. The van der Waals surface area contributed by atoms with Crippen LogP contribution in [0.4, 0.5) is 0 Å². The van der Waals surface area contributed by atoms with Crippen molar-refractivity contribution in [2.24, 2.45) is 0 Å². The molecule has 5 nitrogen and oxygen atoms in total. The van der Waals surface area contributed by atoms with E-state index in [1.807, 2.05) is 24.3 Å². The van der Waals surface area contributed by atoms with Gasteiger partial charge in [-0.15, -0.1) is 0 Å². The molecule has 0 amide bonds. The van der Waals surface area contributed by atoms with Gasteiger partial charge in [-0.3, -0.25) is 4.79 Å². The van der Waals surface area contributed by atoms with Gasteiger partial charge in [-0.05, 0) is 48.0 Å². The molecule has 0 aliphatic carbocycles. The largest absolute Gasteiger partial charge is 0.457 e. The topological polar surface area (TPSA) is 65.7 Å². The molecule has 128 valence electrons. The van der Waals surface area contributed by atoms with Gasteiger partial charge in [-0.2, -0.15) is 0 Å². The van der Waals surface area contributed by atoms with Crippen molar-refractivity contribution in [2.75, 3.05) is 0 Å². The third-order valence-corrected chi connectivity index (χ3v) is 4.21. The number of halogens is 1. The molecule has 26 heavy (non-hydrogen) atoms. The van der Waals surface area contributed by atoms with E-state index in [9.17, 15) is 9.59 Å². The number of Topliss-reactive ketones (excluding diaryl/α,β-unsaturated/α-hetero) is 1. The molecule has 0 spiro atoms. The number of esters is 1. The number of rotatable bonds is 3. The Bertz CT molecular complexity index is 1030. The fraction of sp³-hybridized carbons (Fsp3) is 0. The maximum absolute atomic E-state index is 12.5. The first kappa shape index (κ1) is 16.4. The van der Waals surface area contributed by atoms with Crippen molar-refractivity contribution in [3.8, 4) is 11.5 Å². The zero-order chi connectivity index (χ0) is 18.1. The van der Waals surface area contributed by atoms with E-state index in [1.165, 1.54) is 18.4 Å². The summed E-state index contributed by atoms with van der Waals surface area (Å²) < 4.78 is 16.8. The predicted molar refractivity (Wildman–Crippen MR) is 97.2 cm³/mol. The third kappa shape index (κ3) is 3.19. The second-order valence-electron chi connectivity index (χ2n) is 5.52. The van der Waals surface area contributed by atoms with Gasteiger partial charge in [0.2, 0.25) is 11.5 Å². The van der Waals surface area contributed by atoms with Gasteiger partial charge in [0, 0.05) is 10.5 Å². The lowest BCUT2D eigenvalue weighted by molar-refractivity contribution is 0.0701. The van der Waals surface area contributed by atoms with Gasteiger partial charge >= 0.3 is 5.97 Å². The minimum absolute atomic E-state index is 0.0951. The molecule has 1 aliphatic rings. The lowest BCUT2D eigenvalue weighted by Gasteiger charge is -2.04. The Balaban J connectivity index is 1.58. The van der Waals surface area contributed by atoms with Crippen LogP contribution < -0.4 is 9.47 Å². The highest BCUT2D eigenvalue weighted by Gasteiger charge is 2.28. The summed E-state index contributed by atoms with van der Waals surface area (Å²) in [5.41, 5.74) is 1.25. The number of fused-ring (bicyclic) bond motifs is 1. The van der Waals surface area contributed by atoms with Gasteiger partial charge in [0.1, 0.15) is 11.5 Å². The quantitative estimate of drug-likeness (QED) is 0.349. The summed E-state index contributed by atoms with van der Waals surface area (Å²) >= 11 is 3.39. The molecule has 4 rings (SSSR count). The Hall–Kier alpha value is -3.12. The van der Waals surface area contributed by atoms with E-state index < -0.39 is 5.97 Å². The number of carbonyl (C=O) groups is 2. The van der Waals surface area contributed by atoms with E-state index in [4.69, 9.17) is 13.9 Å². The predicted octanol–water partition coefficient (Wildman–Crippen LogP) is 4.88. The number of furan rings is 1. The molecule has 3 aromatic rings. The minimum Gasteiger partial charge on any atom is -0.457 e. The Kier molecular flexibility index (Phi) is 4.18. The summed E-state index contributed by atoms with van der Waals surface area (Å²) in [5.74, 6) is 0.0843. The van der Waals surface area contributed by atoms with E-state index in [1.54, 1.807) is 24.3 Å². The highest BCUT2D eigenvalue weighted by molar-refractivity contribution is 9.10. The molecule has 6 heteroatoms. The lowest BCUT2D eigenvalue weighted by Crippen LogP contribution is -2.07. The monoisotopic (exact) mass is 410 g/mol. The number of benzene rings is 2. The molecular weight excluding hydrogens is 400 g/mol. The van der Waals surface area contributed by atoms with E-state index in [2.05, 4.69) is 15.9 Å². The molecular formula is C20H11BrO5. The van der Waals surface area contributed by atoms with E-state index >= 15 is 0 Å². The van der Waals surface area contributed by atoms with Crippen LogP contribution in [0.3, 0.4) is 0 Å². The highest BCUT2D eigenvalue weighted by atomic mass is 79.9. The molecule has 1 aromatic heterocycles. The van der Waals surface area contributed by atoms with Gasteiger partial charge < -0.3 is 13.9 Å². The normalized spacial score (nSPS) is 14.2. The Morgan fingerprint density at radius 1 is 1.08 bits per heavy atom. The van der Waals surface area contributed by atoms with Gasteiger partial charge in [0.25, 0.3) is 0 Å². The number of hydrogen-bond acceptors (Lipinski definition) is 5.